The Balaban J connectivity index is 0.0000325. The van der Waals surface area contributed by atoms with Crippen LogP contribution in [0.3, 0.4) is 0 Å². The summed E-state index contributed by atoms with van der Waals surface area (Å²) in [5.74, 6) is -3.65. The largest absolute Gasteiger partial charge is 1.00 e. The van der Waals surface area contributed by atoms with Crippen LogP contribution in [0.15, 0.2) is 0 Å². The molecule has 3 rings (SSSR count). The molecule has 0 aromatic rings. The van der Waals surface area contributed by atoms with E-state index in [1.165, 1.54) is 231 Å². The van der Waals surface area contributed by atoms with Gasteiger partial charge < -0.3 is 111 Å². The van der Waals surface area contributed by atoms with Gasteiger partial charge in [-0.15, -0.1) is 0 Å². The summed E-state index contributed by atoms with van der Waals surface area (Å²) in [6, 6.07) is -4.50. The summed E-state index contributed by atoms with van der Waals surface area (Å²) in [5, 5.41) is 96.9. The molecule has 3 saturated heterocycles. The predicted molar refractivity (Wildman–Crippen MR) is 457 cm³/mol. The van der Waals surface area contributed by atoms with Crippen molar-refractivity contribution in [3.05, 3.63) is 0 Å². The van der Waals surface area contributed by atoms with Gasteiger partial charge in [-0.05, 0) is 77.0 Å². The Labute approximate surface area is 710 Å². The molecule has 0 radical (unpaired) electrons. The molecule has 0 amide bonds. The number of carbonyl (C=O) groups excluding carboxylic acids is 1. The van der Waals surface area contributed by atoms with Gasteiger partial charge in [0.15, 0.2) is 25.4 Å². The Morgan fingerprint density at radius 2 is 0.605 bits per heavy atom. The Hall–Kier alpha value is -0.670. The predicted octanol–water partition coefficient (Wildman–Crippen LogP) is 11.7. The van der Waals surface area contributed by atoms with Crippen LogP contribution in [0.4, 0.5) is 0 Å². The van der Waals surface area contributed by atoms with Gasteiger partial charge in [-0.3, -0.25) is 9.22 Å². The summed E-state index contributed by atoms with van der Waals surface area (Å²) in [6.07, 6.45) is 52.2. The minimum absolute atomic E-state index is 0. The summed E-state index contributed by atoms with van der Waals surface area (Å²) < 4.78 is 39.7. The highest BCUT2D eigenvalue weighted by molar-refractivity contribution is 5.71. The molecule has 0 aromatic heterocycles. The van der Waals surface area contributed by atoms with Crippen molar-refractivity contribution in [1.29, 1.82) is 0 Å². The number of halogens is 2. The van der Waals surface area contributed by atoms with Crippen LogP contribution in [0, 0.1) is 0 Å². The van der Waals surface area contributed by atoms with E-state index < -0.39 is 117 Å². The van der Waals surface area contributed by atoms with E-state index in [4.69, 9.17) is 45.6 Å². The second-order valence-electron chi connectivity index (χ2n) is 35.5. The smallest absolute Gasteiger partial charge is 0.364 e. The molecule has 3 aliphatic heterocycles. The van der Waals surface area contributed by atoms with Gasteiger partial charge in [0.1, 0.15) is 49.3 Å². The van der Waals surface area contributed by atoms with E-state index in [0.29, 0.717) is 43.4 Å². The minimum atomic E-state index is -2.97. The lowest BCUT2D eigenvalue weighted by atomic mass is 9.83. The molecule has 3 aliphatic rings. The number of aliphatic hydroxyl groups is 8. The third-order valence-electron chi connectivity index (χ3n) is 25.8. The molecule has 0 bridgehead atoms. The van der Waals surface area contributed by atoms with Crippen LogP contribution < -0.4 is 42.0 Å². The Bertz CT molecular complexity index is 2060. The Morgan fingerprint density at radius 3 is 0.886 bits per heavy atom. The highest BCUT2D eigenvalue weighted by atomic mass is 35.5. The molecule has 15 atom stereocenters. The second kappa shape index (κ2) is 69.7. The van der Waals surface area contributed by atoms with Gasteiger partial charge in [0.05, 0.1) is 70.6 Å². The molecule has 0 aliphatic carbocycles. The number of nitrogens with zero attached hydrogens (tertiary/aromatic N) is 2. The van der Waals surface area contributed by atoms with Crippen LogP contribution in [0.2, 0.25) is 0 Å². The molecule has 0 saturated carbocycles. The van der Waals surface area contributed by atoms with Crippen LogP contribution >= 0.6 is 0 Å². The maximum atomic E-state index is 16.2. The number of aliphatic hydroxyl groups excluding tert-OH is 7. The zero-order valence-electron chi connectivity index (χ0n) is 74.3. The number of nitrogens with two attached hydrogens (primary N) is 3. The molecular weight excluding hydrogens is 1490 g/mol. The summed E-state index contributed by atoms with van der Waals surface area (Å²) in [5.41, 5.74) is 17.9. The molecule has 3 heterocycles. The maximum absolute atomic E-state index is 16.2. The van der Waals surface area contributed by atoms with E-state index in [-0.39, 0.29) is 35.8 Å². The van der Waals surface area contributed by atoms with E-state index >= 15 is 4.79 Å². The number of ether oxygens (including phenoxy) is 6. The molecule has 114 heavy (non-hydrogen) atoms. The summed E-state index contributed by atoms with van der Waals surface area (Å²) in [7, 11) is 0. The highest BCUT2D eigenvalue weighted by Crippen LogP contribution is 2.48. The van der Waals surface area contributed by atoms with Gasteiger partial charge in [-0.25, -0.2) is 4.79 Å². The third kappa shape index (κ3) is 42.1. The van der Waals surface area contributed by atoms with Gasteiger partial charge >= 0.3 is 11.8 Å². The van der Waals surface area contributed by atoms with Crippen LogP contribution in [-0.2, 0) is 33.2 Å². The summed E-state index contributed by atoms with van der Waals surface area (Å²) in [4.78, 5) is 16.2. The van der Waals surface area contributed by atoms with Gasteiger partial charge in [-0.2, -0.15) is 0 Å². The lowest BCUT2D eigenvalue weighted by Crippen LogP contribution is -3.00. The molecule has 682 valence electrons. The third-order valence-corrected chi connectivity index (χ3v) is 25.8. The molecule has 3 fully saturated rings. The van der Waals surface area contributed by atoms with Crippen molar-refractivity contribution in [3.63, 3.8) is 0 Å². The molecule has 22 heteroatoms. The number of unbranched alkanes of at least 4 members (excludes halogenated alkanes) is 54. The quantitative estimate of drug-likeness (QED) is 0.0117. The van der Waals surface area contributed by atoms with Gasteiger partial charge in [0.2, 0.25) is 0 Å². The Morgan fingerprint density at radius 1 is 0.351 bits per heavy atom. The van der Waals surface area contributed by atoms with E-state index in [1.54, 1.807) is 0 Å². The van der Waals surface area contributed by atoms with Crippen LogP contribution in [0.25, 0.3) is 0 Å². The Kier molecular flexibility index (Phi) is 68.1. The van der Waals surface area contributed by atoms with Crippen molar-refractivity contribution in [2.45, 2.75) is 518 Å². The van der Waals surface area contributed by atoms with E-state index in [0.717, 1.165) is 154 Å². The average Bonchev–Trinajstić information content (AvgIpc) is 0.698. The summed E-state index contributed by atoms with van der Waals surface area (Å²) in [6.45, 7) is 14.6. The molecule has 0 aromatic carbocycles. The average molecular weight is 1670 g/mol. The lowest BCUT2D eigenvalue weighted by Gasteiger charge is -2.61. The first kappa shape index (κ1) is 111. The molecule has 2 unspecified atom stereocenters. The number of hydrogen-bond acceptors (Lipinski definition) is 18. The second-order valence-corrected chi connectivity index (χ2v) is 35.5. The van der Waals surface area contributed by atoms with Gasteiger partial charge in [0.25, 0.3) is 5.72 Å². The first-order valence-corrected chi connectivity index (χ1v) is 48.2. The van der Waals surface area contributed by atoms with E-state index in [1.807, 2.05) is 0 Å². The maximum Gasteiger partial charge on any atom is 0.364 e. The molecule has 14 N–H and O–H groups in total. The van der Waals surface area contributed by atoms with Crippen molar-refractivity contribution in [2.24, 2.45) is 17.2 Å². The number of esters is 1. The normalized spacial score (nSPS) is 25.4. The van der Waals surface area contributed by atoms with Crippen molar-refractivity contribution in [2.75, 3.05) is 65.6 Å². The van der Waals surface area contributed by atoms with Crippen molar-refractivity contribution in [3.8, 4) is 0 Å². The number of carbonyl (C=O) groups is 1. The topological polar surface area (TPSA) is 312 Å². The van der Waals surface area contributed by atoms with E-state index in [2.05, 4.69) is 41.5 Å². The molecular formula is C92H185Cl2N5O15. The van der Waals surface area contributed by atoms with Crippen molar-refractivity contribution >= 4 is 5.97 Å². The van der Waals surface area contributed by atoms with Crippen LogP contribution in [0.5, 0.6) is 0 Å². The fourth-order valence-electron chi connectivity index (χ4n) is 18.4. The fraction of sp³-hybridized carbons (Fsp3) is 0.989. The van der Waals surface area contributed by atoms with Crippen molar-refractivity contribution in [1.82, 2.24) is 0 Å². The first-order chi connectivity index (χ1) is 54.4. The van der Waals surface area contributed by atoms with Crippen LogP contribution in [-0.4, -0.2) is 213 Å². The van der Waals surface area contributed by atoms with Crippen LogP contribution in [0.1, 0.15) is 427 Å². The van der Waals surface area contributed by atoms with Gasteiger partial charge in [0, 0.05) is 0 Å². The number of hydrogen-bond donors (Lipinski definition) is 11. The minimum Gasteiger partial charge on any atom is -1.00 e. The van der Waals surface area contributed by atoms with Gasteiger partial charge in [-0.1, -0.05) is 350 Å². The fourth-order valence-corrected chi connectivity index (χ4v) is 18.4. The van der Waals surface area contributed by atoms with Crippen molar-refractivity contribution < 1.29 is 108 Å². The lowest BCUT2D eigenvalue weighted by molar-refractivity contribution is -1.02. The number of quaternary nitrogens is 2. The monoisotopic (exact) mass is 1670 g/mol. The number of rotatable bonds is 77. The molecule has 20 nitrogen and oxygen atoms in total. The first-order valence-electron chi connectivity index (χ1n) is 48.2. The highest BCUT2D eigenvalue weighted by Gasteiger charge is 2.76. The standard InChI is InChI=1S/C92H185N5O15.2ClH/c1-7-13-19-25-31-37-43-49-55-61-67-96(68-62-56-50-44-38-32-26-20-14-8-2,69-63-57-51-45-39-33-27-21-15-9-3)73-79(101)111-92(106)87(104)82(95)90(110-86-78(75-99)108-89(81(94)84(86)103)109-85-77(74-98)107-88(105)80(93)83(85)102)112-91(92,76-100)97(70-64-58-52-46-40-34-28-22-16-10-4,71-65-59-53-47-41-35-29-23-17-11-5)72-66-60-54-48-42-36-30-24-18-12-6;;/h77-78,80-90,98-100,102-106H,7-76,93-95H2,1-6H3;2*1H/q+2;;/p-2/t77-,78-,80-,81-,82-,83-,84-,85?,86?,87-,88-,89+,90+,91-,92+;;/m1../s1. The zero-order valence-corrected chi connectivity index (χ0v) is 75.8. The zero-order chi connectivity index (χ0) is 81.8. The van der Waals surface area contributed by atoms with E-state index in [9.17, 15) is 40.9 Å². The SMILES string of the molecule is CCCCCCCCCCCC[N+](CCCCCCCCCCCC)(CCCCCCCCCCCC)CC(=O)O[C@@]1(O)[C@H](O)[C@@H](N)[C@@H](OC2[C@@H](CO)O[C@@H](OC3[C@@H](CO)O[C@@H](O)[C@H](N)[C@H]3O)[C@H](N)[C@H]2O)O[C@@]1(CO)[N+](CCCCCCCCCCCC)(CCCCCCCCCCCC)CCCCCCCCCCCC.[Cl-].[Cl-]. The molecule has 0 spiro atoms. The summed E-state index contributed by atoms with van der Waals surface area (Å²) >= 11 is 0.